The highest BCUT2D eigenvalue weighted by Crippen LogP contribution is 2.25. The average molecular weight is 392 g/mol. The van der Waals surface area contributed by atoms with Gasteiger partial charge in [-0.05, 0) is 53.8 Å². The second kappa shape index (κ2) is 5.89. The van der Waals surface area contributed by atoms with Crippen LogP contribution >= 0.6 is 22.6 Å². The van der Waals surface area contributed by atoms with E-state index in [9.17, 15) is 4.79 Å². The van der Waals surface area contributed by atoms with Crippen molar-refractivity contribution in [3.8, 4) is 17.1 Å². The fourth-order valence-corrected chi connectivity index (χ4v) is 2.72. The highest BCUT2D eigenvalue weighted by Gasteiger charge is 2.08. The van der Waals surface area contributed by atoms with Gasteiger partial charge in [0.15, 0.2) is 5.43 Å². The highest BCUT2D eigenvalue weighted by molar-refractivity contribution is 14.1. The third-order valence-corrected chi connectivity index (χ3v) is 3.79. The summed E-state index contributed by atoms with van der Waals surface area (Å²) in [4.78, 5) is 12.2. The van der Waals surface area contributed by atoms with Crippen molar-refractivity contribution in [3.63, 3.8) is 0 Å². The molecule has 1 aromatic heterocycles. The Kier molecular flexibility index (Phi) is 3.96. The van der Waals surface area contributed by atoms with Crippen LogP contribution in [0.5, 0.6) is 5.75 Å². The minimum atomic E-state index is -0.0480. The van der Waals surface area contributed by atoms with Crippen LogP contribution in [0.1, 0.15) is 6.92 Å². The van der Waals surface area contributed by atoms with E-state index in [0.717, 1.165) is 9.13 Å². The molecule has 3 rings (SSSR count). The van der Waals surface area contributed by atoms with Crippen molar-refractivity contribution in [1.29, 1.82) is 0 Å². The molecule has 0 fully saturated rings. The SMILES string of the molecule is CCOc1ccc2c(=O)cc(-c3cccc(I)c3)oc2c1. The summed E-state index contributed by atoms with van der Waals surface area (Å²) >= 11 is 2.24. The van der Waals surface area contributed by atoms with E-state index in [4.69, 9.17) is 9.15 Å². The Bertz CT molecular complexity index is 852. The summed E-state index contributed by atoms with van der Waals surface area (Å²) in [5.74, 6) is 1.27. The normalized spacial score (nSPS) is 10.8. The quantitative estimate of drug-likeness (QED) is 0.618. The van der Waals surface area contributed by atoms with E-state index in [-0.39, 0.29) is 5.43 Å². The lowest BCUT2D eigenvalue weighted by Crippen LogP contribution is -2.01. The summed E-state index contributed by atoms with van der Waals surface area (Å²) < 4.78 is 12.4. The fourth-order valence-electron chi connectivity index (χ4n) is 2.18. The Morgan fingerprint density at radius 2 is 2.00 bits per heavy atom. The van der Waals surface area contributed by atoms with Gasteiger partial charge >= 0.3 is 0 Å². The molecule has 3 nitrogen and oxygen atoms in total. The number of hydrogen-bond donors (Lipinski definition) is 0. The van der Waals surface area contributed by atoms with Gasteiger partial charge in [-0.1, -0.05) is 12.1 Å². The Hall–Kier alpha value is -1.82. The molecule has 4 heteroatoms. The van der Waals surface area contributed by atoms with Gasteiger partial charge in [-0.3, -0.25) is 4.79 Å². The molecule has 3 aromatic rings. The van der Waals surface area contributed by atoms with Crippen molar-refractivity contribution < 1.29 is 9.15 Å². The van der Waals surface area contributed by atoms with Gasteiger partial charge in [0.1, 0.15) is 17.1 Å². The second-order valence-corrected chi connectivity index (χ2v) is 5.82. The first-order chi connectivity index (χ1) is 10.2. The van der Waals surface area contributed by atoms with Gasteiger partial charge in [0, 0.05) is 21.3 Å². The maximum Gasteiger partial charge on any atom is 0.193 e. The van der Waals surface area contributed by atoms with Gasteiger partial charge < -0.3 is 9.15 Å². The average Bonchev–Trinajstić information content (AvgIpc) is 2.47. The summed E-state index contributed by atoms with van der Waals surface area (Å²) in [6.07, 6.45) is 0. The van der Waals surface area contributed by atoms with E-state index in [1.807, 2.05) is 31.2 Å². The maximum absolute atomic E-state index is 12.2. The predicted octanol–water partition coefficient (Wildman–Crippen LogP) is 4.46. The predicted molar refractivity (Wildman–Crippen MR) is 91.8 cm³/mol. The molecule has 1 heterocycles. The molecule has 0 saturated heterocycles. The first kappa shape index (κ1) is 14.1. The lowest BCUT2D eigenvalue weighted by atomic mass is 10.1. The molecular weight excluding hydrogens is 379 g/mol. The Morgan fingerprint density at radius 1 is 1.14 bits per heavy atom. The van der Waals surface area contributed by atoms with Crippen molar-refractivity contribution in [1.82, 2.24) is 0 Å². The van der Waals surface area contributed by atoms with Gasteiger partial charge in [-0.2, -0.15) is 0 Å². The number of halogens is 1. The van der Waals surface area contributed by atoms with Crippen molar-refractivity contribution in [3.05, 3.63) is 62.3 Å². The monoisotopic (exact) mass is 392 g/mol. The first-order valence-corrected chi connectivity index (χ1v) is 7.72. The molecule has 0 bridgehead atoms. The van der Waals surface area contributed by atoms with Crippen molar-refractivity contribution >= 4 is 33.6 Å². The third-order valence-electron chi connectivity index (χ3n) is 3.12. The molecule has 0 aliphatic heterocycles. The molecule has 2 aromatic carbocycles. The molecule has 0 spiro atoms. The summed E-state index contributed by atoms with van der Waals surface area (Å²) in [6, 6.07) is 14.7. The van der Waals surface area contributed by atoms with E-state index in [1.54, 1.807) is 18.2 Å². The standard InChI is InChI=1S/C17H13IO3/c1-2-20-13-6-7-14-15(19)10-16(21-17(14)9-13)11-4-3-5-12(18)8-11/h3-10H,2H2,1H3. The molecule has 0 aliphatic rings. The zero-order valence-electron chi connectivity index (χ0n) is 11.4. The maximum atomic E-state index is 12.2. The molecule has 0 aliphatic carbocycles. The summed E-state index contributed by atoms with van der Waals surface area (Å²) in [6.45, 7) is 2.50. The van der Waals surface area contributed by atoms with Gasteiger partial charge in [0.2, 0.25) is 0 Å². The van der Waals surface area contributed by atoms with Crippen molar-refractivity contribution in [2.45, 2.75) is 6.92 Å². The Morgan fingerprint density at radius 3 is 2.76 bits per heavy atom. The van der Waals surface area contributed by atoms with Crippen LogP contribution in [-0.2, 0) is 0 Å². The van der Waals surface area contributed by atoms with Crippen LogP contribution in [0, 0.1) is 3.57 Å². The summed E-state index contributed by atoms with van der Waals surface area (Å²) in [5, 5.41) is 0.563. The molecule has 0 saturated carbocycles. The number of benzene rings is 2. The second-order valence-electron chi connectivity index (χ2n) is 4.58. The van der Waals surface area contributed by atoms with Crippen LogP contribution in [0.15, 0.2) is 57.7 Å². The number of fused-ring (bicyclic) bond motifs is 1. The van der Waals surface area contributed by atoms with Gasteiger partial charge in [-0.25, -0.2) is 0 Å². The van der Waals surface area contributed by atoms with Crippen LogP contribution in [0.2, 0.25) is 0 Å². The van der Waals surface area contributed by atoms with Crippen molar-refractivity contribution in [2.24, 2.45) is 0 Å². The molecule has 21 heavy (non-hydrogen) atoms. The third kappa shape index (κ3) is 2.95. The molecule has 0 N–H and O–H groups in total. The van der Waals surface area contributed by atoms with Crippen LogP contribution in [0.4, 0.5) is 0 Å². The molecular formula is C17H13IO3. The molecule has 0 radical (unpaired) electrons. The fraction of sp³-hybridized carbons (Fsp3) is 0.118. The van der Waals surface area contributed by atoms with E-state index >= 15 is 0 Å². The topological polar surface area (TPSA) is 39.4 Å². The van der Waals surface area contributed by atoms with Crippen LogP contribution in [0.25, 0.3) is 22.3 Å². The number of rotatable bonds is 3. The van der Waals surface area contributed by atoms with Gasteiger partial charge in [0.25, 0.3) is 0 Å². The summed E-state index contributed by atoms with van der Waals surface area (Å²) in [7, 11) is 0. The van der Waals surface area contributed by atoms with Gasteiger partial charge in [0.05, 0.1) is 12.0 Å². The smallest absolute Gasteiger partial charge is 0.193 e. The van der Waals surface area contributed by atoms with Crippen LogP contribution in [0.3, 0.4) is 0 Å². The highest BCUT2D eigenvalue weighted by atomic mass is 127. The Labute approximate surface area is 135 Å². The lowest BCUT2D eigenvalue weighted by molar-refractivity contribution is 0.340. The minimum absolute atomic E-state index is 0.0480. The first-order valence-electron chi connectivity index (χ1n) is 6.64. The number of hydrogen-bond acceptors (Lipinski definition) is 3. The van der Waals surface area contributed by atoms with E-state index in [2.05, 4.69) is 22.6 Å². The molecule has 0 unspecified atom stereocenters. The van der Waals surface area contributed by atoms with Crippen molar-refractivity contribution in [2.75, 3.05) is 6.61 Å². The van der Waals surface area contributed by atoms with E-state index in [1.165, 1.54) is 6.07 Å². The van der Waals surface area contributed by atoms with Crippen LogP contribution in [-0.4, -0.2) is 6.61 Å². The van der Waals surface area contributed by atoms with Gasteiger partial charge in [-0.15, -0.1) is 0 Å². The minimum Gasteiger partial charge on any atom is -0.494 e. The van der Waals surface area contributed by atoms with E-state index in [0.29, 0.717) is 29.1 Å². The molecule has 0 amide bonds. The number of ether oxygens (including phenoxy) is 1. The molecule has 106 valence electrons. The summed E-state index contributed by atoms with van der Waals surface area (Å²) in [5.41, 5.74) is 1.39. The Balaban J connectivity index is 2.19. The zero-order chi connectivity index (χ0) is 14.8. The van der Waals surface area contributed by atoms with E-state index < -0.39 is 0 Å². The zero-order valence-corrected chi connectivity index (χ0v) is 13.6. The lowest BCUT2D eigenvalue weighted by Gasteiger charge is -2.06. The largest absolute Gasteiger partial charge is 0.494 e. The van der Waals surface area contributed by atoms with Crippen LogP contribution < -0.4 is 10.2 Å². The molecule has 0 atom stereocenters.